The van der Waals surface area contributed by atoms with E-state index in [1.807, 2.05) is 0 Å². The van der Waals surface area contributed by atoms with Gasteiger partial charge in [0.25, 0.3) is 0 Å². The van der Waals surface area contributed by atoms with Gasteiger partial charge in [-0.25, -0.2) is 0 Å². The summed E-state index contributed by atoms with van der Waals surface area (Å²) < 4.78 is 36.0. The van der Waals surface area contributed by atoms with E-state index in [1.165, 1.54) is 4.90 Å². The molecule has 0 unspecified atom stereocenters. The van der Waals surface area contributed by atoms with Crippen LogP contribution in [-0.4, -0.2) is 56.0 Å². The Bertz CT molecular complexity index is 141. The first kappa shape index (κ1) is 13.7. The molecule has 0 bridgehead atoms. The molecule has 0 aliphatic heterocycles. The minimum Gasteiger partial charge on any atom is -0.395 e. The number of hydrogen-bond acceptors (Lipinski definition) is 3. The van der Waals surface area contributed by atoms with Crippen LogP contribution in [0.2, 0.25) is 0 Å². The van der Waals surface area contributed by atoms with Gasteiger partial charge in [-0.1, -0.05) is 0 Å². The molecule has 0 aromatic carbocycles. The van der Waals surface area contributed by atoms with Crippen LogP contribution in [-0.2, 0) is 0 Å². The molecule has 0 heterocycles. The molecule has 0 rings (SSSR count). The van der Waals surface area contributed by atoms with Crippen molar-refractivity contribution in [2.24, 2.45) is 0 Å². The van der Waals surface area contributed by atoms with E-state index < -0.39 is 12.7 Å². The molecule has 0 atom stereocenters. The van der Waals surface area contributed by atoms with Crippen LogP contribution in [0.25, 0.3) is 0 Å². The Balaban J connectivity index is 3.77. The number of hydrogen-bond donors (Lipinski definition) is 2. The molecule has 0 saturated heterocycles. The minimum atomic E-state index is -4.19. The molecule has 0 aliphatic carbocycles. The SMILES string of the molecule is CNCCCN(CCO)CC(F)(F)F. The molecule has 0 aromatic rings. The lowest BCUT2D eigenvalue weighted by Crippen LogP contribution is -2.37. The molecule has 0 amide bonds. The Morgan fingerprint density at radius 3 is 2.36 bits per heavy atom. The molecule has 86 valence electrons. The number of aliphatic hydroxyl groups excluding tert-OH is 1. The molecular weight excluding hydrogens is 197 g/mol. The third kappa shape index (κ3) is 8.28. The first-order chi connectivity index (χ1) is 6.49. The van der Waals surface area contributed by atoms with Gasteiger partial charge in [0.05, 0.1) is 13.2 Å². The highest BCUT2D eigenvalue weighted by Crippen LogP contribution is 2.16. The molecule has 0 aliphatic rings. The minimum absolute atomic E-state index is 0.0726. The maximum absolute atomic E-state index is 12.0. The van der Waals surface area contributed by atoms with Crippen molar-refractivity contribution in [3.8, 4) is 0 Å². The van der Waals surface area contributed by atoms with Crippen LogP contribution in [0, 0.1) is 0 Å². The summed E-state index contributed by atoms with van der Waals surface area (Å²) in [5.74, 6) is 0. The fourth-order valence-electron chi connectivity index (χ4n) is 1.14. The van der Waals surface area contributed by atoms with E-state index in [1.54, 1.807) is 7.05 Å². The molecule has 0 radical (unpaired) electrons. The van der Waals surface area contributed by atoms with Crippen molar-refractivity contribution in [2.45, 2.75) is 12.6 Å². The van der Waals surface area contributed by atoms with Crippen molar-refractivity contribution in [1.82, 2.24) is 10.2 Å². The zero-order chi connectivity index (χ0) is 11.0. The Morgan fingerprint density at radius 1 is 1.29 bits per heavy atom. The summed E-state index contributed by atoms with van der Waals surface area (Å²) >= 11 is 0. The third-order valence-corrected chi connectivity index (χ3v) is 1.72. The van der Waals surface area contributed by atoms with Crippen LogP contribution in [0.5, 0.6) is 0 Å². The lowest BCUT2D eigenvalue weighted by atomic mass is 10.3. The molecule has 0 saturated carbocycles. The summed E-state index contributed by atoms with van der Waals surface area (Å²) in [6.45, 7) is -0.0865. The van der Waals surface area contributed by atoms with Crippen molar-refractivity contribution in [1.29, 1.82) is 0 Å². The number of aliphatic hydroxyl groups is 1. The number of alkyl halides is 3. The zero-order valence-electron chi connectivity index (χ0n) is 8.27. The van der Waals surface area contributed by atoms with Crippen molar-refractivity contribution in [2.75, 3.05) is 39.8 Å². The Labute approximate surface area is 81.9 Å². The molecular formula is C8H17F3N2O. The Morgan fingerprint density at radius 2 is 1.93 bits per heavy atom. The van der Waals surface area contributed by atoms with Gasteiger partial charge in [-0.05, 0) is 26.6 Å². The summed E-state index contributed by atoms with van der Waals surface area (Å²) in [5.41, 5.74) is 0. The van der Waals surface area contributed by atoms with Gasteiger partial charge in [-0.3, -0.25) is 4.90 Å². The Hall–Kier alpha value is -0.330. The number of rotatable bonds is 7. The standard InChI is InChI=1S/C8H17F3N2O/c1-12-3-2-4-13(5-6-14)7-8(9,10)11/h12,14H,2-7H2,1H3. The normalized spacial score (nSPS) is 12.4. The van der Waals surface area contributed by atoms with Crippen LogP contribution in [0.4, 0.5) is 13.2 Å². The highest BCUT2D eigenvalue weighted by atomic mass is 19.4. The fourth-order valence-corrected chi connectivity index (χ4v) is 1.14. The van der Waals surface area contributed by atoms with E-state index in [0.29, 0.717) is 19.5 Å². The summed E-state index contributed by atoms with van der Waals surface area (Å²) in [5, 5.41) is 11.4. The summed E-state index contributed by atoms with van der Waals surface area (Å²) in [4.78, 5) is 1.21. The van der Waals surface area contributed by atoms with Crippen LogP contribution >= 0.6 is 0 Å². The summed E-state index contributed by atoms with van der Waals surface area (Å²) in [7, 11) is 1.75. The lowest BCUT2D eigenvalue weighted by molar-refractivity contribution is -0.146. The molecule has 14 heavy (non-hydrogen) atoms. The molecule has 3 nitrogen and oxygen atoms in total. The van der Waals surface area contributed by atoms with Crippen molar-refractivity contribution >= 4 is 0 Å². The van der Waals surface area contributed by atoms with E-state index in [0.717, 1.165) is 0 Å². The topological polar surface area (TPSA) is 35.5 Å². The number of halogens is 3. The molecule has 0 aromatic heterocycles. The smallest absolute Gasteiger partial charge is 0.395 e. The van der Waals surface area contributed by atoms with Crippen LogP contribution < -0.4 is 5.32 Å². The number of nitrogens with one attached hydrogen (secondary N) is 1. The van der Waals surface area contributed by atoms with E-state index in [2.05, 4.69) is 5.32 Å². The van der Waals surface area contributed by atoms with Gasteiger partial charge in [-0.2, -0.15) is 13.2 Å². The van der Waals surface area contributed by atoms with Gasteiger partial charge < -0.3 is 10.4 Å². The van der Waals surface area contributed by atoms with Gasteiger partial charge in [0.1, 0.15) is 0 Å². The maximum atomic E-state index is 12.0. The van der Waals surface area contributed by atoms with Crippen LogP contribution in [0.1, 0.15) is 6.42 Å². The quantitative estimate of drug-likeness (QED) is 0.604. The first-order valence-electron chi connectivity index (χ1n) is 4.54. The van der Waals surface area contributed by atoms with Crippen molar-refractivity contribution < 1.29 is 18.3 Å². The van der Waals surface area contributed by atoms with E-state index in [9.17, 15) is 13.2 Å². The van der Waals surface area contributed by atoms with E-state index in [4.69, 9.17) is 5.11 Å². The maximum Gasteiger partial charge on any atom is 0.401 e. The summed E-state index contributed by atoms with van der Waals surface area (Å²) in [6, 6.07) is 0. The van der Waals surface area contributed by atoms with Crippen molar-refractivity contribution in [3.63, 3.8) is 0 Å². The first-order valence-corrected chi connectivity index (χ1v) is 4.54. The number of nitrogens with zero attached hydrogens (tertiary/aromatic N) is 1. The molecule has 0 spiro atoms. The highest BCUT2D eigenvalue weighted by Gasteiger charge is 2.30. The molecule has 6 heteroatoms. The molecule has 2 N–H and O–H groups in total. The third-order valence-electron chi connectivity index (χ3n) is 1.72. The van der Waals surface area contributed by atoms with Gasteiger partial charge >= 0.3 is 6.18 Å². The second kappa shape index (κ2) is 7.03. The molecule has 0 fully saturated rings. The van der Waals surface area contributed by atoms with Crippen molar-refractivity contribution in [3.05, 3.63) is 0 Å². The van der Waals surface area contributed by atoms with E-state index >= 15 is 0 Å². The average molecular weight is 214 g/mol. The summed E-state index contributed by atoms with van der Waals surface area (Å²) in [6.07, 6.45) is -3.54. The van der Waals surface area contributed by atoms with Gasteiger partial charge in [0.15, 0.2) is 0 Å². The van der Waals surface area contributed by atoms with Gasteiger partial charge in [0, 0.05) is 6.54 Å². The Kier molecular flexibility index (Phi) is 6.86. The largest absolute Gasteiger partial charge is 0.401 e. The van der Waals surface area contributed by atoms with E-state index in [-0.39, 0.29) is 13.2 Å². The van der Waals surface area contributed by atoms with Gasteiger partial charge in [0.2, 0.25) is 0 Å². The van der Waals surface area contributed by atoms with Gasteiger partial charge in [-0.15, -0.1) is 0 Å². The highest BCUT2D eigenvalue weighted by molar-refractivity contribution is 4.63. The monoisotopic (exact) mass is 214 g/mol. The average Bonchev–Trinajstić information content (AvgIpc) is 2.02. The fraction of sp³-hybridized carbons (Fsp3) is 1.00. The lowest BCUT2D eigenvalue weighted by Gasteiger charge is -2.22. The zero-order valence-corrected chi connectivity index (χ0v) is 8.27. The van der Waals surface area contributed by atoms with Crippen LogP contribution in [0.15, 0.2) is 0 Å². The predicted octanol–water partition coefficient (Wildman–Crippen LogP) is 0.452. The second-order valence-corrected chi connectivity index (χ2v) is 3.07. The van der Waals surface area contributed by atoms with Crippen LogP contribution in [0.3, 0.4) is 0 Å². The second-order valence-electron chi connectivity index (χ2n) is 3.07. The predicted molar refractivity (Wildman–Crippen MR) is 48.1 cm³/mol.